The number of carbonyl (C=O) groups excluding carboxylic acids is 2. The number of piperazine rings is 1. The zero-order valence-electron chi connectivity index (χ0n) is 19.3. The van der Waals surface area contributed by atoms with Crippen molar-refractivity contribution in [3.63, 3.8) is 0 Å². The lowest BCUT2D eigenvalue weighted by Gasteiger charge is -2.43. The van der Waals surface area contributed by atoms with Crippen molar-refractivity contribution in [1.82, 2.24) is 9.80 Å². The number of fused-ring (bicyclic) bond motifs is 1. The van der Waals surface area contributed by atoms with Crippen LogP contribution in [0.5, 0.6) is 0 Å². The first-order chi connectivity index (χ1) is 15.5. The predicted octanol–water partition coefficient (Wildman–Crippen LogP) is 4.59. The first-order valence-corrected chi connectivity index (χ1v) is 12.5. The van der Waals surface area contributed by atoms with Crippen molar-refractivity contribution < 1.29 is 9.59 Å². The molecule has 5 rings (SSSR count). The molecular formula is C27H35N3O2. The van der Waals surface area contributed by atoms with E-state index in [0.29, 0.717) is 38.0 Å². The first-order valence-electron chi connectivity index (χ1n) is 12.5. The Balaban J connectivity index is 1.16. The van der Waals surface area contributed by atoms with E-state index < -0.39 is 0 Å². The number of carbonyl (C=O) groups is 2. The van der Waals surface area contributed by atoms with Crippen LogP contribution in [0.15, 0.2) is 24.3 Å². The SMILES string of the molecule is CC1(C(=O)N2CCN(C(=O)c3ccc(C4CCC5CC(C#N)CC5C4)cc3)CC2)CCC1. The largest absolute Gasteiger partial charge is 0.339 e. The topological polar surface area (TPSA) is 64.4 Å². The number of rotatable bonds is 3. The van der Waals surface area contributed by atoms with Gasteiger partial charge in [-0.05, 0) is 80.4 Å². The zero-order chi connectivity index (χ0) is 22.3. The number of hydrogen-bond donors (Lipinski definition) is 0. The van der Waals surface area contributed by atoms with E-state index in [1.807, 2.05) is 21.9 Å². The van der Waals surface area contributed by atoms with Gasteiger partial charge in [-0.3, -0.25) is 9.59 Å². The molecule has 4 aliphatic rings. The average molecular weight is 434 g/mol. The summed E-state index contributed by atoms with van der Waals surface area (Å²) in [5, 5.41) is 9.27. The van der Waals surface area contributed by atoms with Gasteiger partial charge in [-0.2, -0.15) is 5.26 Å². The van der Waals surface area contributed by atoms with Gasteiger partial charge in [-0.1, -0.05) is 25.5 Å². The summed E-state index contributed by atoms with van der Waals surface area (Å²) in [5.41, 5.74) is 1.93. The summed E-state index contributed by atoms with van der Waals surface area (Å²) in [7, 11) is 0. The maximum atomic E-state index is 13.0. The molecule has 0 N–H and O–H groups in total. The highest BCUT2D eigenvalue weighted by atomic mass is 16.2. The van der Waals surface area contributed by atoms with Gasteiger partial charge in [0.2, 0.25) is 5.91 Å². The molecule has 0 aromatic heterocycles. The molecule has 4 unspecified atom stereocenters. The molecule has 1 aliphatic heterocycles. The van der Waals surface area contributed by atoms with Crippen molar-refractivity contribution in [2.24, 2.45) is 23.2 Å². The molecule has 170 valence electrons. The Bertz CT molecular complexity index is 906. The Morgan fingerprint density at radius 3 is 2.22 bits per heavy atom. The third kappa shape index (κ3) is 3.93. The molecule has 1 aromatic rings. The molecule has 2 amide bonds. The van der Waals surface area contributed by atoms with Crippen molar-refractivity contribution >= 4 is 11.8 Å². The van der Waals surface area contributed by atoms with Gasteiger partial charge < -0.3 is 9.80 Å². The van der Waals surface area contributed by atoms with Gasteiger partial charge >= 0.3 is 0 Å². The molecule has 5 nitrogen and oxygen atoms in total. The summed E-state index contributed by atoms with van der Waals surface area (Å²) in [6.07, 6.45) is 8.93. The van der Waals surface area contributed by atoms with Crippen LogP contribution in [0.4, 0.5) is 0 Å². The number of nitrogens with zero attached hydrogens (tertiary/aromatic N) is 3. The van der Waals surface area contributed by atoms with E-state index in [-0.39, 0.29) is 23.1 Å². The molecule has 0 spiro atoms. The molecular weight excluding hydrogens is 398 g/mol. The van der Waals surface area contributed by atoms with Crippen LogP contribution in [-0.4, -0.2) is 47.8 Å². The van der Waals surface area contributed by atoms with E-state index >= 15 is 0 Å². The highest BCUT2D eigenvalue weighted by molar-refractivity contribution is 5.94. The van der Waals surface area contributed by atoms with Gasteiger partial charge in [0, 0.05) is 43.1 Å². The lowest BCUT2D eigenvalue weighted by atomic mass is 9.69. The fraction of sp³-hybridized carbons (Fsp3) is 0.667. The summed E-state index contributed by atoms with van der Waals surface area (Å²) in [6, 6.07) is 10.8. The fourth-order valence-corrected chi connectivity index (χ4v) is 6.66. The Kier molecular flexibility index (Phi) is 5.73. The van der Waals surface area contributed by atoms with E-state index in [1.165, 1.54) is 24.8 Å². The highest BCUT2D eigenvalue weighted by Crippen LogP contribution is 2.49. The van der Waals surface area contributed by atoms with E-state index in [9.17, 15) is 14.9 Å². The average Bonchev–Trinajstić information content (AvgIpc) is 3.24. The van der Waals surface area contributed by atoms with Crippen LogP contribution >= 0.6 is 0 Å². The number of hydrogen-bond acceptors (Lipinski definition) is 3. The Morgan fingerprint density at radius 1 is 0.938 bits per heavy atom. The second-order valence-electron chi connectivity index (χ2n) is 10.9. The number of amides is 2. The van der Waals surface area contributed by atoms with Crippen molar-refractivity contribution in [3.05, 3.63) is 35.4 Å². The Hall–Kier alpha value is -2.35. The monoisotopic (exact) mass is 433 g/mol. The summed E-state index contributed by atoms with van der Waals surface area (Å²) in [5.74, 6) is 2.61. The van der Waals surface area contributed by atoms with Gasteiger partial charge in [-0.15, -0.1) is 0 Å². The van der Waals surface area contributed by atoms with Gasteiger partial charge in [0.1, 0.15) is 0 Å². The zero-order valence-corrected chi connectivity index (χ0v) is 19.3. The molecule has 3 aliphatic carbocycles. The van der Waals surface area contributed by atoms with E-state index in [1.54, 1.807) is 0 Å². The summed E-state index contributed by atoms with van der Waals surface area (Å²) in [4.78, 5) is 29.6. The molecule has 5 heteroatoms. The van der Waals surface area contributed by atoms with Crippen molar-refractivity contribution in [3.8, 4) is 6.07 Å². The van der Waals surface area contributed by atoms with Crippen molar-refractivity contribution in [1.29, 1.82) is 5.26 Å². The van der Waals surface area contributed by atoms with Crippen LogP contribution in [0.25, 0.3) is 0 Å². The molecule has 0 radical (unpaired) electrons. The van der Waals surface area contributed by atoms with E-state index in [0.717, 1.165) is 43.6 Å². The quantitative estimate of drug-likeness (QED) is 0.700. The normalized spacial score (nSPS) is 31.4. The first kappa shape index (κ1) is 21.5. The summed E-state index contributed by atoms with van der Waals surface area (Å²) < 4.78 is 0. The second-order valence-corrected chi connectivity index (χ2v) is 10.9. The van der Waals surface area contributed by atoms with Crippen LogP contribution in [-0.2, 0) is 4.79 Å². The highest BCUT2D eigenvalue weighted by Gasteiger charge is 2.43. The minimum absolute atomic E-state index is 0.0786. The smallest absolute Gasteiger partial charge is 0.253 e. The van der Waals surface area contributed by atoms with E-state index in [4.69, 9.17) is 0 Å². The van der Waals surface area contributed by atoms with Gasteiger partial charge in [-0.25, -0.2) is 0 Å². The lowest BCUT2D eigenvalue weighted by molar-refractivity contribution is -0.147. The molecule has 1 aromatic carbocycles. The molecule has 4 atom stereocenters. The molecule has 32 heavy (non-hydrogen) atoms. The van der Waals surface area contributed by atoms with Crippen LogP contribution < -0.4 is 0 Å². The maximum Gasteiger partial charge on any atom is 0.253 e. The number of benzene rings is 1. The Labute approximate surface area is 191 Å². The van der Waals surface area contributed by atoms with Gasteiger partial charge in [0.05, 0.1) is 6.07 Å². The third-order valence-electron chi connectivity index (χ3n) is 8.95. The molecule has 1 heterocycles. The second kappa shape index (κ2) is 8.54. The van der Waals surface area contributed by atoms with Gasteiger partial charge in [0.15, 0.2) is 0 Å². The minimum atomic E-state index is -0.158. The lowest BCUT2D eigenvalue weighted by Crippen LogP contribution is -2.55. The third-order valence-corrected chi connectivity index (χ3v) is 8.95. The maximum absolute atomic E-state index is 13.0. The van der Waals surface area contributed by atoms with E-state index in [2.05, 4.69) is 25.1 Å². The van der Waals surface area contributed by atoms with Gasteiger partial charge in [0.25, 0.3) is 5.91 Å². The molecule has 0 bridgehead atoms. The fourth-order valence-electron chi connectivity index (χ4n) is 6.66. The number of nitriles is 1. The molecule has 4 fully saturated rings. The standard InChI is InChI=1S/C27H35N3O2/c1-27(9-2-10-27)26(32)30-13-11-29(12-14-30)25(31)21-5-3-20(4-6-21)23-8-7-22-15-19(18-28)16-24(22)17-23/h3-6,19,22-24H,2,7-17H2,1H3. The van der Waals surface area contributed by atoms with Crippen molar-refractivity contribution in [2.45, 2.75) is 64.2 Å². The summed E-state index contributed by atoms with van der Waals surface area (Å²) in [6.45, 7) is 4.61. The van der Waals surface area contributed by atoms with Crippen LogP contribution in [0, 0.1) is 34.5 Å². The van der Waals surface area contributed by atoms with Crippen LogP contribution in [0.1, 0.15) is 80.1 Å². The Morgan fingerprint density at radius 2 is 1.59 bits per heavy atom. The minimum Gasteiger partial charge on any atom is -0.339 e. The van der Waals surface area contributed by atoms with Crippen LogP contribution in [0.3, 0.4) is 0 Å². The molecule has 1 saturated heterocycles. The van der Waals surface area contributed by atoms with Crippen molar-refractivity contribution in [2.75, 3.05) is 26.2 Å². The molecule has 3 saturated carbocycles. The van der Waals surface area contributed by atoms with Crippen LogP contribution in [0.2, 0.25) is 0 Å². The predicted molar refractivity (Wildman–Crippen MR) is 123 cm³/mol. The summed E-state index contributed by atoms with van der Waals surface area (Å²) >= 11 is 0.